The van der Waals surface area contributed by atoms with E-state index in [1.807, 2.05) is 0 Å². The molecule has 0 fully saturated rings. The van der Waals surface area contributed by atoms with Crippen LogP contribution in [0.15, 0.2) is 133 Å². The van der Waals surface area contributed by atoms with Gasteiger partial charge in [-0.3, -0.25) is 0 Å². The summed E-state index contributed by atoms with van der Waals surface area (Å²) in [5, 5.41) is 0. The number of allylic oxidation sites excluding steroid dienone is 2. The average Bonchev–Trinajstić information content (AvgIpc) is 3.06. The van der Waals surface area contributed by atoms with E-state index in [4.69, 9.17) is 4.12 Å². The van der Waals surface area contributed by atoms with Crippen molar-refractivity contribution in [3.05, 3.63) is 156 Å². The van der Waals surface area contributed by atoms with Crippen molar-refractivity contribution in [1.29, 1.82) is 0 Å². The molecule has 0 heterocycles. The first kappa shape index (κ1) is 30.7. The van der Waals surface area contributed by atoms with E-state index in [1.165, 1.54) is 33.4 Å². The lowest BCUT2D eigenvalue weighted by Crippen LogP contribution is -2.50. The maximum atomic E-state index is 7.66. The summed E-state index contributed by atoms with van der Waals surface area (Å²) >= 11 is 0. The van der Waals surface area contributed by atoms with E-state index in [0.717, 1.165) is 36.3 Å². The Morgan fingerprint density at radius 1 is 0.439 bits per heavy atom. The third-order valence-corrected chi connectivity index (χ3v) is 19.2. The van der Waals surface area contributed by atoms with E-state index in [1.54, 1.807) is 0 Å². The van der Waals surface area contributed by atoms with Gasteiger partial charge in [0.15, 0.2) is 16.6 Å². The van der Waals surface area contributed by atoms with Gasteiger partial charge in [0.1, 0.15) is 0 Å². The Balaban J connectivity index is 1.68. The fourth-order valence-corrected chi connectivity index (χ4v) is 15.7. The zero-order valence-corrected chi connectivity index (χ0v) is 27.4. The minimum Gasteiger partial charge on any atom is -0.454 e. The highest BCUT2D eigenvalue weighted by Gasteiger charge is 2.40. The Morgan fingerprint density at radius 2 is 0.683 bits per heavy atom. The lowest BCUT2D eigenvalue weighted by Gasteiger charge is -2.40. The summed E-state index contributed by atoms with van der Waals surface area (Å²) in [6.45, 7) is 9.48. The lowest BCUT2D eigenvalue weighted by atomic mass is 9.98. The third kappa shape index (κ3) is 7.94. The molecule has 0 aliphatic carbocycles. The van der Waals surface area contributed by atoms with Crippen LogP contribution in [0.1, 0.15) is 49.9 Å². The van der Waals surface area contributed by atoms with Gasteiger partial charge in [-0.1, -0.05) is 161 Å². The average molecular weight is 575 g/mol. The summed E-state index contributed by atoms with van der Waals surface area (Å²) in [5.41, 5.74) is 7.76. The molecule has 0 aromatic heterocycles. The van der Waals surface area contributed by atoms with Crippen molar-refractivity contribution in [2.45, 2.75) is 64.0 Å². The Bertz CT molecular complexity index is 1180. The Hall–Kier alpha value is -3.25. The minimum atomic E-state index is -2.02. The zero-order valence-electron chi connectivity index (χ0n) is 25.4. The Kier molecular flexibility index (Phi) is 11.3. The molecule has 0 atom stereocenters. The predicted octanol–water partition coefficient (Wildman–Crippen LogP) is 11.2. The fraction of sp³-hybridized carbons (Fsp3) is 0.263. The quantitative estimate of drug-likeness (QED) is 0.136. The van der Waals surface area contributed by atoms with Crippen LogP contribution in [0.25, 0.3) is 11.1 Å². The molecule has 0 aliphatic rings. The SMILES string of the molecule is CC[Si](CC)(CC=C(c1ccccc1)c1ccccc1)O[Si](CC)(CC)CC=C(c1ccccc1)c1ccccc1. The van der Waals surface area contributed by atoms with Crippen LogP contribution in [-0.4, -0.2) is 16.6 Å². The van der Waals surface area contributed by atoms with E-state index in [0.29, 0.717) is 0 Å². The molecule has 0 spiro atoms. The first-order valence-electron chi connectivity index (χ1n) is 15.4. The van der Waals surface area contributed by atoms with Crippen LogP contribution in [0.2, 0.25) is 36.3 Å². The standard InChI is InChI=1S/C38H46OSi2/c1-5-40(6-2,31-29-37(33-21-13-9-14-22-33)34-23-15-10-16-24-34)39-41(7-3,8-4)32-30-38(35-25-17-11-18-26-35)36-27-19-12-20-28-36/h9-30H,5-8,31-32H2,1-4H3. The number of rotatable bonds is 14. The van der Waals surface area contributed by atoms with Gasteiger partial charge in [0, 0.05) is 0 Å². The van der Waals surface area contributed by atoms with Crippen molar-refractivity contribution in [1.82, 2.24) is 0 Å². The van der Waals surface area contributed by atoms with Crippen molar-refractivity contribution in [2.24, 2.45) is 0 Å². The first-order valence-corrected chi connectivity index (χ1v) is 20.5. The van der Waals surface area contributed by atoms with E-state index in [2.05, 4.69) is 161 Å². The molecule has 1 nitrogen and oxygen atoms in total. The van der Waals surface area contributed by atoms with Crippen molar-refractivity contribution in [2.75, 3.05) is 0 Å². The van der Waals surface area contributed by atoms with Crippen LogP contribution >= 0.6 is 0 Å². The smallest absolute Gasteiger partial charge is 0.182 e. The van der Waals surface area contributed by atoms with Crippen LogP contribution in [0.3, 0.4) is 0 Å². The number of hydrogen-bond donors (Lipinski definition) is 0. The normalized spacial score (nSPS) is 11.6. The summed E-state index contributed by atoms with van der Waals surface area (Å²) in [4.78, 5) is 0. The second-order valence-electron chi connectivity index (χ2n) is 11.0. The second kappa shape index (κ2) is 15.1. The van der Waals surface area contributed by atoms with Crippen molar-refractivity contribution < 1.29 is 4.12 Å². The molecule has 0 amide bonds. The van der Waals surface area contributed by atoms with Gasteiger partial charge in [0.2, 0.25) is 0 Å². The van der Waals surface area contributed by atoms with Crippen molar-refractivity contribution >= 4 is 27.8 Å². The molecule has 0 unspecified atom stereocenters. The number of benzene rings is 4. The molecule has 3 heteroatoms. The van der Waals surface area contributed by atoms with Gasteiger partial charge in [-0.2, -0.15) is 0 Å². The van der Waals surface area contributed by atoms with E-state index in [9.17, 15) is 0 Å². The maximum absolute atomic E-state index is 7.66. The second-order valence-corrected chi connectivity index (χ2v) is 20.2. The molecule has 4 aromatic carbocycles. The molecular formula is C38H46OSi2. The zero-order chi connectivity index (χ0) is 29.0. The lowest BCUT2D eigenvalue weighted by molar-refractivity contribution is 0.515. The molecule has 0 aliphatic heterocycles. The van der Waals surface area contributed by atoms with Crippen LogP contribution in [0, 0.1) is 0 Å². The van der Waals surface area contributed by atoms with Gasteiger partial charge < -0.3 is 4.12 Å². The number of hydrogen-bond acceptors (Lipinski definition) is 1. The summed E-state index contributed by atoms with van der Waals surface area (Å²) < 4.78 is 7.66. The highest BCUT2D eigenvalue weighted by molar-refractivity contribution is 6.87. The highest BCUT2D eigenvalue weighted by Crippen LogP contribution is 2.36. The van der Waals surface area contributed by atoms with E-state index < -0.39 is 16.6 Å². The monoisotopic (exact) mass is 574 g/mol. The summed E-state index contributed by atoms with van der Waals surface area (Å²) in [6.07, 6.45) is 5.01. The van der Waals surface area contributed by atoms with Crippen LogP contribution < -0.4 is 0 Å². The van der Waals surface area contributed by atoms with Gasteiger partial charge in [0.25, 0.3) is 0 Å². The molecule has 0 radical (unpaired) electrons. The molecule has 4 rings (SSSR count). The first-order chi connectivity index (χ1) is 20.1. The van der Waals surface area contributed by atoms with Gasteiger partial charge >= 0.3 is 0 Å². The topological polar surface area (TPSA) is 9.23 Å². The highest BCUT2D eigenvalue weighted by atomic mass is 28.4. The van der Waals surface area contributed by atoms with E-state index >= 15 is 0 Å². The molecule has 0 saturated heterocycles. The van der Waals surface area contributed by atoms with Gasteiger partial charge in [-0.05, 0) is 69.7 Å². The van der Waals surface area contributed by atoms with Crippen LogP contribution in [0.5, 0.6) is 0 Å². The Morgan fingerprint density at radius 3 is 0.902 bits per heavy atom. The Labute approximate surface area is 250 Å². The van der Waals surface area contributed by atoms with Crippen molar-refractivity contribution in [3.8, 4) is 0 Å². The predicted molar refractivity (Wildman–Crippen MR) is 184 cm³/mol. The molecule has 0 bridgehead atoms. The summed E-state index contributed by atoms with van der Waals surface area (Å²) in [7, 11) is -4.05. The summed E-state index contributed by atoms with van der Waals surface area (Å²) in [5.74, 6) is 0. The minimum absolute atomic E-state index is 1.04. The molecule has 212 valence electrons. The van der Waals surface area contributed by atoms with Gasteiger partial charge in [0.05, 0.1) is 0 Å². The molecule has 4 aromatic rings. The fourth-order valence-electron chi connectivity index (χ4n) is 5.76. The molecule has 0 N–H and O–H groups in total. The van der Waals surface area contributed by atoms with Gasteiger partial charge in [-0.25, -0.2) is 0 Å². The van der Waals surface area contributed by atoms with Crippen LogP contribution in [0.4, 0.5) is 0 Å². The molecule has 0 saturated carbocycles. The molecule has 41 heavy (non-hydrogen) atoms. The largest absolute Gasteiger partial charge is 0.454 e. The van der Waals surface area contributed by atoms with Crippen LogP contribution in [-0.2, 0) is 4.12 Å². The van der Waals surface area contributed by atoms with E-state index in [-0.39, 0.29) is 0 Å². The van der Waals surface area contributed by atoms with Crippen molar-refractivity contribution in [3.63, 3.8) is 0 Å². The van der Waals surface area contributed by atoms with Gasteiger partial charge in [-0.15, -0.1) is 0 Å². The summed E-state index contributed by atoms with van der Waals surface area (Å²) in [6, 6.07) is 50.0. The third-order valence-electron chi connectivity index (χ3n) is 8.71. The molecular weight excluding hydrogens is 529 g/mol. The maximum Gasteiger partial charge on any atom is 0.182 e.